The normalized spacial score (nSPS) is 19.9. The molecule has 1 aromatic carbocycles. The molecule has 1 amide bonds. The van der Waals surface area contributed by atoms with E-state index in [-0.39, 0.29) is 0 Å². The van der Waals surface area contributed by atoms with Gasteiger partial charge in [-0.1, -0.05) is 30.3 Å². The van der Waals surface area contributed by atoms with Crippen LogP contribution in [0.25, 0.3) is 5.57 Å². The first-order valence-electron chi connectivity index (χ1n) is 7.43. The van der Waals surface area contributed by atoms with Gasteiger partial charge in [0.2, 0.25) is 5.91 Å². The molecule has 0 unspecified atom stereocenters. The number of carbonyl (C=O) groups excluding carboxylic acids is 1. The van der Waals surface area contributed by atoms with E-state index in [1.807, 2.05) is 11.0 Å². The fourth-order valence-corrected chi connectivity index (χ4v) is 3.21. The summed E-state index contributed by atoms with van der Waals surface area (Å²) in [6.07, 6.45) is 6.71. The molecular formula is C17H21NO. The largest absolute Gasteiger partial charge is 0.339 e. The van der Waals surface area contributed by atoms with Gasteiger partial charge in [-0.2, -0.15) is 0 Å². The second-order valence-corrected chi connectivity index (χ2v) is 5.53. The molecule has 0 atom stereocenters. The highest BCUT2D eigenvalue weighted by atomic mass is 16.2. The molecule has 0 radical (unpaired) electrons. The molecule has 1 saturated heterocycles. The van der Waals surface area contributed by atoms with Gasteiger partial charge in [0, 0.05) is 18.7 Å². The van der Waals surface area contributed by atoms with Gasteiger partial charge in [-0.25, -0.2) is 0 Å². The van der Waals surface area contributed by atoms with Crippen LogP contribution in [0.4, 0.5) is 0 Å². The van der Waals surface area contributed by atoms with Crippen molar-refractivity contribution in [2.75, 3.05) is 13.1 Å². The lowest BCUT2D eigenvalue weighted by molar-refractivity contribution is -0.126. The lowest BCUT2D eigenvalue weighted by Gasteiger charge is -2.24. The summed E-state index contributed by atoms with van der Waals surface area (Å²) >= 11 is 0. The number of likely N-dealkylation sites (tertiary alicyclic amines) is 1. The van der Waals surface area contributed by atoms with E-state index < -0.39 is 0 Å². The number of hydrogen-bond donors (Lipinski definition) is 0. The van der Waals surface area contributed by atoms with Gasteiger partial charge in [-0.15, -0.1) is 0 Å². The third-order valence-electron chi connectivity index (χ3n) is 4.24. The van der Waals surface area contributed by atoms with Crippen molar-refractivity contribution in [3.63, 3.8) is 0 Å². The van der Waals surface area contributed by atoms with E-state index in [9.17, 15) is 4.79 Å². The number of hydrogen-bond acceptors (Lipinski definition) is 1. The monoisotopic (exact) mass is 255 g/mol. The van der Waals surface area contributed by atoms with E-state index in [0.717, 1.165) is 37.9 Å². The molecule has 0 bridgehead atoms. The Bertz CT molecular complexity index is 483. The number of allylic oxidation sites excluding steroid dienone is 1. The van der Waals surface area contributed by atoms with E-state index in [0.29, 0.717) is 5.91 Å². The zero-order chi connectivity index (χ0) is 13.1. The van der Waals surface area contributed by atoms with E-state index >= 15 is 0 Å². The van der Waals surface area contributed by atoms with Crippen LogP contribution in [-0.4, -0.2) is 23.9 Å². The topological polar surface area (TPSA) is 20.3 Å². The molecule has 1 aliphatic carbocycles. The molecule has 1 aliphatic heterocycles. The van der Waals surface area contributed by atoms with Crippen molar-refractivity contribution in [2.45, 2.75) is 38.5 Å². The molecule has 2 aliphatic rings. The highest BCUT2D eigenvalue weighted by Gasteiger charge is 2.25. The van der Waals surface area contributed by atoms with Crippen molar-refractivity contribution >= 4 is 11.5 Å². The first kappa shape index (κ1) is 12.5. The second-order valence-electron chi connectivity index (χ2n) is 5.53. The summed E-state index contributed by atoms with van der Waals surface area (Å²) < 4.78 is 0. The standard InChI is InChI=1S/C17H21NO/c19-17(18-12-6-7-13-18)16-11-5-4-10-15(16)14-8-2-1-3-9-14/h1-3,8-9H,4-7,10-13H2. The van der Waals surface area contributed by atoms with Crippen molar-refractivity contribution in [2.24, 2.45) is 0 Å². The molecule has 0 N–H and O–H groups in total. The van der Waals surface area contributed by atoms with Crippen molar-refractivity contribution in [1.82, 2.24) is 4.90 Å². The first-order valence-corrected chi connectivity index (χ1v) is 7.43. The predicted molar refractivity (Wildman–Crippen MR) is 77.6 cm³/mol. The number of carbonyl (C=O) groups is 1. The molecule has 3 rings (SSSR count). The van der Waals surface area contributed by atoms with Crippen LogP contribution in [0, 0.1) is 0 Å². The fourth-order valence-electron chi connectivity index (χ4n) is 3.21. The van der Waals surface area contributed by atoms with Gasteiger partial charge in [0.15, 0.2) is 0 Å². The lowest BCUT2D eigenvalue weighted by atomic mass is 9.86. The van der Waals surface area contributed by atoms with Crippen molar-refractivity contribution in [1.29, 1.82) is 0 Å². The summed E-state index contributed by atoms with van der Waals surface area (Å²) in [6, 6.07) is 10.4. The van der Waals surface area contributed by atoms with Crippen LogP contribution in [0.2, 0.25) is 0 Å². The van der Waals surface area contributed by atoms with E-state index in [1.54, 1.807) is 0 Å². The maximum atomic E-state index is 12.7. The van der Waals surface area contributed by atoms with Crippen LogP contribution >= 0.6 is 0 Å². The Labute approximate surface area is 115 Å². The molecular weight excluding hydrogens is 234 g/mol. The van der Waals surface area contributed by atoms with Gasteiger partial charge >= 0.3 is 0 Å². The van der Waals surface area contributed by atoms with Gasteiger partial charge < -0.3 is 4.90 Å². The lowest BCUT2D eigenvalue weighted by Crippen LogP contribution is -2.30. The number of benzene rings is 1. The average molecular weight is 255 g/mol. The van der Waals surface area contributed by atoms with Gasteiger partial charge in [-0.3, -0.25) is 4.79 Å². The summed E-state index contributed by atoms with van der Waals surface area (Å²) in [5.41, 5.74) is 3.62. The SMILES string of the molecule is O=C(C1=C(c2ccccc2)CCCC1)N1CCCC1. The minimum Gasteiger partial charge on any atom is -0.339 e. The Balaban J connectivity index is 1.94. The van der Waals surface area contributed by atoms with Crippen LogP contribution < -0.4 is 0 Å². The second kappa shape index (κ2) is 5.60. The quantitative estimate of drug-likeness (QED) is 0.790. The smallest absolute Gasteiger partial charge is 0.250 e. The van der Waals surface area contributed by atoms with Gasteiger partial charge in [0.1, 0.15) is 0 Å². The molecule has 1 aromatic rings. The summed E-state index contributed by atoms with van der Waals surface area (Å²) in [5.74, 6) is 0.302. The van der Waals surface area contributed by atoms with E-state index in [4.69, 9.17) is 0 Å². The van der Waals surface area contributed by atoms with Crippen molar-refractivity contribution < 1.29 is 4.79 Å². The highest BCUT2D eigenvalue weighted by molar-refractivity contribution is 6.01. The van der Waals surface area contributed by atoms with Gasteiger partial charge in [0.05, 0.1) is 0 Å². The van der Waals surface area contributed by atoms with Crippen LogP contribution in [0.1, 0.15) is 44.1 Å². The maximum absolute atomic E-state index is 12.7. The highest BCUT2D eigenvalue weighted by Crippen LogP contribution is 2.33. The van der Waals surface area contributed by atoms with E-state index in [1.165, 1.54) is 30.4 Å². The minimum atomic E-state index is 0.302. The molecule has 1 fully saturated rings. The maximum Gasteiger partial charge on any atom is 0.250 e. The third-order valence-corrected chi connectivity index (χ3v) is 4.24. The Kier molecular flexibility index (Phi) is 3.67. The Morgan fingerprint density at radius 2 is 1.58 bits per heavy atom. The summed E-state index contributed by atoms with van der Waals surface area (Å²) in [7, 11) is 0. The molecule has 0 spiro atoms. The number of amides is 1. The summed E-state index contributed by atoms with van der Waals surface area (Å²) in [4.78, 5) is 14.7. The molecule has 19 heavy (non-hydrogen) atoms. The van der Waals surface area contributed by atoms with Gasteiger partial charge in [0.25, 0.3) is 0 Å². The Morgan fingerprint density at radius 3 is 2.32 bits per heavy atom. The average Bonchev–Trinajstić information content (AvgIpc) is 3.02. The summed E-state index contributed by atoms with van der Waals surface area (Å²) in [5, 5.41) is 0. The summed E-state index contributed by atoms with van der Waals surface area (Å²) in [6.45, 7) is 1.90. The van der Waals surface area contributed by atoms with Crippen molar-refractivity contribution in [3.8, 4) is 0 Å². The zero-order valence-electron chi connectivity index (χ0n) is 11.4. The van der Waals surface area contributed by atoms with Crippen LogP contribution in [0.15, 0.2) is 35.9 Å². The predicted octanol–water partition coefficient (Wildman–Crippen LogP) is 3.64. The van der Waals surface area contributed by atoms with Crippen LogP contribution in [0.3, 0.4) is 0 Å². The minimum absolute atomic E-state index is 0.302. The molecule has 0 saturated carbocycles. The van der Waals surface area contributed by atoms with Crippen LogP contribution in [0.5, 0.6) is 0 Å². The molecule has 2 nitrogen and oxygen atoms in total. The molecule has 100 valence electrons. The van der Waals surface area contributed by atoms with E-state index in [2.05, 4.69) is 24.3 Å². The van der Waals surface area contributed by atoms with Crippen molar-refractivity contribution in [3.05, 3.63) is 41.5 Å². The number of nitrogens with zero attached hydrogens (tertiary/aromatic N) is 1. The zero-order valence-corrected chi connectivity index (χ0v) is 11.4. The Hall–Kier alpha value is -1.57. The molecule has 2 heteroatoms. The number of rotatable bonds is 2. The molecule has 1 heterocycles. The fraction of sp³-hybridized carbons (Fsp3) is 0.471. The molecule has 0 aromatic heterocycles. The first-order chi connectivity index (χ1) is 9.36. The van der Waals surface area contributed by atoms with Crippen LogP contribution in [-0.2, 0) is 4.79 Å². The Morgan fingerprint density at radius 1 is 0.895 bits per heavy atom. The third kappa shape index (κ3) is 2.58. The van der Waals surface area contributed by atoms with Gasteiger partial charge in [-0.05, 0) is 49.7 Å².